The fourth-order valence-corrected chi connectivity index (χ4v) is 3.80. The molecule has 0 spiro atoms. The number of halogens is 2. The Bertz CT molecular complexity index is 675. The molecule has 0 aromatic heterocycles. The van der Waals surface area contributed by atoms with Crippen molar-refractivity contribution in [2.24, 2.45) is 5.92 Å². The molecule has 1 aromatic rings. The number of hydrogen-bond donors (Lipinski definition) is 0. The first-order chi connectivity index (χ1) is 9.70. The molecule has 21 heavy (non-hydrogen) atoms. The highest BCUT2D eigenvalue weighted by molar-refractivity contribution is 8.13. The molecular weight excluding hydrogens is 317 g/mol. The summed E-state index contributed by atoms with van der Waals surface area (Å²) in [6.07, 6.45) is 1.94. The van der Waals surface area contributed by atoms with Crippen molar-refractivity contribution in [3.05, 3.63) is 29.1 Å². The highest BCUT2D eigenvalue weighted by Crippen LogP contribution is 2.25. The van der Waals surface area contributed by atoms with Crippen LogP contribution in [0.15, 0.2) is 17.0 Å². The van der Waals surface area contributed by atoms with Crippen molar-refractivity contribution >= 4 is 25.6 Å². The first-order valence-electron chi connectivity index (χ1n) is 6.74. The van der Waals surface area contributed by atoms with Crippen LogP contribution in [-0.2, 0) is 9.05 Å². The topological polar surface area (TPSA) is 54.5 Å². The summed E-state index contributed by atoms with van der Waals surface area (Å²) < 4.78 is 36.8. The van der Waals surface area contributed by atoms with Gasteiger partial charge in [0.2, 0.25) is 0 Å². The van der Waals surface area contributed by atoms with Crippen LogP contribution in [0.2, 0.25) is 0 Å². The van der Waals surface area contributed by atoms with Crippen molar-refractivity contribution in [1.82, 2.24) is 4.90 Å². The fraction of sp³-hybridized carbons (Fsp3) is 0.500. The molecule has 116 valence electrons. The van der Waals surface area contributed by atoms with E-state index < -0.39 is 14.9 Å². The predicted molar refractivity (Wildman–Crippen MR) is 78.5 cm³/mol. The van der Waals surface area contributed by atoms with Crippen molar-refractivity contribution in [3.8, 4) is 0 Å². The standard InChI is InChI=1S/C14H17ClFNO3S/c1-9-4-3-5-17(8-9)14(18)11-6-12(16)10(2)13(7-11)21(15,19)20/h6-7,9H,3-5,8H2,1-2H3. The summed E-state index contributed by atoms with van der Waals surface area (Å²) in [7, 11) is 1.21. The number of hydrogen-bond acceptors (Lipinski definition) is 3. The fourth-order valence-electron chi connectivity index (χ4n) is 2.59. The molecule has 0 aliphatic carbocycles. The number of nitrogens with zero attached hydrogens (tertiary/aromatic N) is 1. The second-order valence-corrected chi connectivity index (χ2v) is 8.05. The lowest BCUT2D eigenvalue weighted by Crippen LogP contribution is -2.39. The summed E-state index contributed by atoms with van der Waals surface area (Å²) in [5.41, 5.74) is -0.0556. The molecule has 1 fully saturated rings. The SMILES string of the molecule is Cc1c(F)cc(C(=O)N2CCCC(C)C2)cc1S(=O)(=O)Cl. The van der Waals surface area contributed by atoms with Crippen LogP contribution in [0.5, 0.6) is 0 Å². The average molecular weight is 334 g/mol. The van der Waals surface area contributed by atoms with Gasteiger partial charge in [0.1, 0.15) is 5.82 Å². The predicted octanol–water partition coefficient (Wildman–Crippen LogP) is 2.93. The van der Waals surface area contributed by atoms with Gasteiger partial charge in [0.25, 0.3) is 15.0 Å². The highest BCUT2D eigenvalue weighted by atomic mass is 35.7. The second kappa shape index (κ2) is 5.93. The van der Waals surface area contributed by atoms with Crippen molar-refractivity contribution < 1.29 is 17.6 Å². The second-order valence-electron chi connectivity index (χ2n) is 5.52. The minimum absolute atomic E-state index is 0.0198. The van der Waals surface area contributed by atoms with E-state index in [9.17, 15) is 17.6 Å². The molecule has 1 amide bonds. The van der Waals surface area contributed by atoms with E-state index in [1.807, 2.05) is 6.92 Å². The van der Waals surface area contributed by atoms with Crippen molar-refractivity contribution in [3.63, 3.8) is 0 Å². The van der Waals surface area contributed by atoms with E-state index in [-0.39, 0.29) is 21.9 Å². The van der Waals surface area contributed by atoms with E-state index in [1.54, 1.807) is 4.90 Å². The van der Waals surface area contributed by atoms with Gasteiger partial charge in [-0.2, -0.15) is 0 Å². The summed E-state index contributed by atoms with van der Waals surface area (Å²) in [5.74, 6) is -0.721. The molecule has 0 radical (unpaired) electrons. The van der Waals surface area contributed by atoms with Crippen LogP contribution in [0.4, 0.5) is 4.39 Å². The Morgan fingerprint density at radius 2 is 2.10 bits per heavy atom. The molecule has 0 N–H and O–H groups in total. The Morgan fingerprint density at radius 1 is 1.43 bits per heavy atom. The normalized spacial score (nSPS) is 19.6. The van der Waals surface area contributed by atoms with E-state index in [0.717, 1.165) is 25.0 Å². The van der Waals surface area contributed by atoms with E-state index in [4.69, 9.17) is 10.7 Å². The van der Waals surface area contributed by atoms with E-state index in [2.05, 4.69) is 0 Å². The zero-order valence-electron chi connectivity index (χ0n) is 11.9. The van der Waals surface area contributed by atoms with Crippen molar-refractivity contribution in [1.29, 1.82) is 0 Å². The Labute approximate surface area is 128 Å². The van der Waals surface area contributed by atoms with E-state index in [0.29, 0.717) is 19.0 Å². The Morgan fingerprint density at radius 3 is 2.67 bits per heavy atom. The van der Waals surface area contributed by atoms with Crippen LogP contribution in [0.3, 0.4) is 0 Å². The molecule has 1 atom stereocenters. The number of carbonyl (C=O) groups excluding carboxylic acids is 1. The number of benzene rings is 1. The first-order valence-corrected chi connectivity index (χ1v) is 9.05. The van der Waals surface area contributed by atoms with Gasteiger partial charge in [0, 0.05) is 34.9 Å². The Balaban J connectivity index is 2.40. The van der Waals surface area contributed by atoms with Gasteiger partial charge in [-0.25, -0.2) is 12.8 Å². The van der Waals surface area contributed by atoms with Gasteiger partial charge >= 0.3 is 0 Å². The number of carbonyl (C=O) groups is 1. The van der Waals surface area contributed by atoms with Gasteiger partial charge in [-0.1, -0.05) is 6.92 Å². The molecule has 1 heterocycles. The summed E-state index contributed by atoms with van der Waals surface area (Å²) >= 11 is 0. The monoisotopic (exact) mass is 333 g/mol. The number of likely N-dealkylation sites (tertiary alicyclic amines) is 1. The Kier molecular flexibility index (Phi) is 4.58. The number of rotatable bonds is 2. The number of piperidine rings is 1. The molecular formula is C14H17ClFNO3S. The van der Waals surface area contributed by atoms with Gasteiger partial charge in [-0.05, 0) is 37.8 Å². The molecule has 1 aromatic carbocycles. The zero-order chi connectivity index (χ0) is 15.8. The third-order valence-corrected chi connectivity index (χ3v) is 5.20. The summed E-state index contributed by atoms with van der Waals surface area (Å²) in [4.78, 5) is 13.7. The number of amides is 1. The van der Waals surface area contributed by atoms with Crippen LogP contribution in [0.25, 0.3) is 0 Å². The quantitative estimate of drug-likeness (QED) is 0.782. The minimum atomic E-state index is -4.09. The molecule has 7 heteroatoms. The van der Waals surface area contributed by atoms with Crippen molar-refractivity contribution in [2.45, 2.75) is 31.6 Å². The van der Waals surface area contributed by atoms with Crippen LogP contribution >= 0.6 is 10.7 Å². The molecule has 1 aliphatic rings. The van der Waals surface area contributed by atoms with Gasteiger partial charge in [-0.3, -0.25) is 4.79 Å². The maximum absolute atomic E-state index is 13.9. The maximum Gasteiger partial charge on any atom is 0.261 e. The van der Waals surface area contributed by atoms with Crippen molar-refractivity contribution in [2.75, 3.05) is 13.1 Å². The van der Waals surface area contributed by atoms with Gasteiger partial charge in [-0.15, -0.1) is 0 Å². The molecule has 2 rings (SSSR count). The summed E-state index contributed by atoms with van der Waals surface area (Å²) in [5, 5.41) is 0. The van der Waals surface area contributed by atoms with Gasteiger partial charge in [0.15, 0.2) is 0 Å². The van der Waals surface area contributed by atoms with E-state index in [1.165, 1.54) is 6.92 Å². The molecule has 4 nitrogen and oxygen atoms in total. The maximum atomic E-state index is 13.9. The lowest BCUT2D eigenvalue weighted by molar-refractivity contribution is 0.0682. The molecule has 1 saturated heterocycles. The van der Waals surface area contributed by atoms with E-state index >= 15 is 0 Å². The lowest BCUT2D eigenvalue weighted by atomic mass is 9.99. The average Bonchev–Trinajstić information content (AvgIpc) is 2.39. The third kappa shape index (κ3) is 3.55. The lowest BCUT2D eigenvalue weighted by Gasteiger charge is -2.31. The van der Waals surface area contributed by atoms with Crippen LogP contribution < -0.4 is 0 Å². The molecule has 0 bridgehead atoms. The smallest absolute Gasteiger partial charge is 0.261 e. The largest absolute Gasteiger partial charge is 0.338 e. The third-order valence-electron chi connectivity index (χ3n) is 3.75. The molecule has 0 saturated carbocycles. The Hall–Kier alpha value is -1.14. The molecule has 1 aliphatic heterocycles. The van der Waals surface area contributed by atoms with Gasteiger partial charge < -0.3 is 4.90 Å². The van der Waals surface area contributed by atoms with Crippen LogP contribution in [0.1, 0.15) is 35.7 Å². The summed E-state index contributed by atoms with van der Waals surface area (Å²) in [6.45, 7) is 4.56. The molecule has 1 unspecified atom stereocenters. The van der Waals surface area contributed by atoms with Gasteiger partial charge in [0.05, 0.1) is 4.90 Å². The highest BCUT2D eigenvalue weighted by Gasteiger charge is 2.25. The van der Waals surface area contributed by atoms with Crippen LogP contribution in [-0.4, -0.2) is 32.3 Å². The first kappa shape index (κ1) is 16.2. The zero-order valence-corrected chi connectivity index (χ0v) is 13.5. The minimum Gasteiger partial charge on any atom is -0.338 e. The van der Waals surface area contributed by atoms with Crippen LogP contribution in [0, 0.1) is 18.7 Å². The summed E-state index contributed by atoms with van der Waals surface area (Å²) in [6, 6.07) is 2.23.